The molecule has 3 aromatic rings. The number of tetrazole rings is 1. The van der Waals surface area contributed by atoms with Crippen LogP contribution in [0.3, 0.4) is 0 Å². The number of carbonyl (C=O) groups excluding carboxylic acids is 2. The maximum Gasteiger partial charge on any atom is 0.248 e. The molecule has 9 heteroatoms. The van der Waals surface area contributed by atoms with Gasteiger partial charge in [0.25, 0.3) is 0 Å². The van der Waals surface area contributed by atoms with Crippen molar-refractivity contribution >= 4 is 29.1 Å². The fourth-order valence-corrected chi connectivity index (χ4v) is 2.39. The molecule has 0 radical (unpaired) electrons. The highest BCUT2D eigenvalue weighted by Crippen LogP contribution is 2.20. The minimum Gasteiger partial charge on any atom is -0.366 e. The zero-order valence-electron chi connectivity index (χ0n) is 13.8. The van der Waals surface area contributed by atoms with Crippen LogP contribution in [0, 0.1) is 6.92 Å². The minimum absolute atomic E-state index is 0.0993. The van der Waals surface area contributed by atoms with Crippen LogP contribution in [-0.4, -0.2) is 32.0 Å². The first-order valence-corrected chi connectivity index (χ1v) is 8.04. The number of anilines is 1. The Hall–Kier alpha value is -3.26. The van der Waals surface area contributed by atoms with Gasteiger partial charge < -0.3 is 11.1 Å². The second-order valence-electron chi connectivity index (χ2n) is 5.60. The van der Waals surface area contributed by atoms with Gasteiger partial charge in [-0.1, -0.05) is 29.8 Å². The van der Waals surface area contributed by atoms with Gasteiger partial charge in [0.05, 0.1) is 0 Å². The summed E-state index contributed by atoms with van der Waals surface area (Å²) in [6, 6.07) is 11.7. The van der Waals surface area contributed by atoms with E-state index in [2.05, 4.69) is 20.7 Å². The van der Waals surface area contributed by atoms with Crippen LogP contribution in [0.25, 0.3) is 11.4 Å². The van der Waals surface area contributed by atoms with Crippen molar-refractivity contribution in [2.45, 2.75) is 13.5 Å². The number of primary amides is 1. The highest BCUT2D eigenvalue weighted by Gasteiger charge is 2.11. The van der Waals surface area contributed by atoms with Crippen molar-refractivity contribution in [2.24, 2.45) is 5.73 Å². The third-order valence-electron chi connectivity index (χ3n) is 3.62. The molecule has 3 rings (SSSR count). The van der Waals surface area contributed by atoms with E-state index in [-0.39, 0.29) is 12.5 Å². The maximum atomic E-state index is 12.1. The number of nitrogens with one attached hydrogen (secondary N) is 1. The predicted molar refractivity (Wildman–Crippen MR) is 96.6 cm³/mol. The number of aryl methyl sites for hydroxylation is 1. The smallest absolute Gasteiger partial charge is 0.248 e. The summed E-state index contributed by atoms with van der Waals surface area (Å²) < 4.78 is 0. The van der Waals surface area contributed by atoms with Crippen LogP contribution in [0.2, 0.25) is 5.02 Å². The summed E-state index contributed by atoms with van der Waals surface area (Å²) in [4.78, 5) is 24.4. The molecule has 0 aliphatic heterocycles. The minimum atomic E-state index is -0.513. The summed E-state index contributed by atoms with van der Waals surface area (Å²) in [5.41, 5.74) is 7.76. The first-order chi connectivity index (χ1) is 12.4. The van der Waals surface area contributed by atoms with E-state index in [0.29, 0.717) is 27.7 Å². The first kappa shape index (κ1) is 17.6. The van der Waals surface area contributed by atoms with Crippen molar-refractivity contribution in [2.75, 3.05) is 5.32 Å². The molecule has 2 aromatic carbocycles. The molecule has 0 aliphatic carbocycles. The third kappa shape index (κ3) is 4.04. The fraction of sp³-hybridized carbons (Fsp3) is 0.118. The van der Waals surface area contributed by atoms with Gasteiger partial charge in [-0.15, -0.1) is 10.2 Å². The van der Waals surface area contributed by atoms with Crippen LogP contribution in [0.4, 0.5) is 5.69 Å². The predicted octanol–water partition coefficient (Wildman–Crippen LogP) is 2.04. The lowest BCUT2D eigenvalue weighted by Crippen LogP contribution is -2.20. The van der Waals surface area contributed by atoms with Gasteiger partial charge in [-0.25, -0.2) is 0 Å². The van der Waals surface area contributed by atoms with Crippen molar-refractivity contribution in [1.82, 2.24) is 20.2 Å². The van der Waals surface area contributed by atoms with E-state index in [1.54, 1.807) is 36.4 Å². The number of benzene rings is 2. The molecule has 1 heterocycles. The lowest BCUT2D eigenvalue weighted by Gasteiger charge is -2.06. The molecule has 0 saturated heterocycles. The molecule has 0 unspecified atom stereocenters. The largest absolute Gasteiger partial charge is 0.366 e. The van der Waals surface area contributed by atoms with Gasteiger partial charge >= 0.3 is 0 Å². The lowest BCUT2D eigenvalue weighted by molar-refractivity contribution is -0.117. The van der Waals surface area contributed by atoms with Crippen molar-refractivity contribution < 1.29 is 9.59 Å². The number of hydrogen-bond donors (Lipinski definition) is 2. The molecule has 0 aliphatic rings. The summed E-state index contributed by atoms with van der Waals surface area (Å²) in [6.07, 6.45) is 0. The quantitative estimate of drug-likeness (QED) is 0.712. The topological polar surface area (TPSA) is 116 Å². The summed E-state index contributed by atoms with van der Waals surface area (Å²) in [5, 5.41) is 15.2. The van der Waals surface area contributed by atoms with Crippen molar-refractivity contribution in [3.05, 3.63) is 58.6 Å². The van der Waals surface area contributed by atoms with Gasteiger partial charge in [-0.3, -0.25) is 9.59 Å². The van der Waals surface area contributed by atoms with Crippen molar-refractivity contribution in [3.8, 4) is 11.4 Å². The number of nitrogens with two attached hydrogens (primary N) is 1. The molecule has 8 nitrogen and oxygen atoms in total. The van der Waals surface area contributed by atoms with Crippen LogP contribution >= 0.6 is 11.6 Å². The number of amides is 2. The normalized spacial score (nSPS) is 10.5. The van der Waals surface area contributed by atoms with Crippen molar-refractivity contribution in [1.29, 1.82) is 0 Å². The molecular formula is C17H15ClN6O2. The maximum absolute atomic E-state index is 12.1. The standard InChI is InChI=1S/C17H15ClN6O2/c1-10-2-7-13(8-14(10)18)20-15(25)9-24-22-17(21-23-24)12-5-3-11(4-6-12)16(19)26/h2-8H,9H2,1H3,(H2,19,26)(H,20,25). The average Bonchev–Trinajstić information content (AvgIpc) is 3.06. The molecular weight excluding hydrogens is 356 g/mol. The van der Waals surface area contributed by atoms with Gasteiger partial charge in [-0.2, -0.15) is 4.80 Å². The summed E-state index contributed by atoms with van der Waals surface area (Å²) in [5.74, 6) is -0.480. The Bertz CT molecular complexity index is 968. The SMILES string of the molecule is Cc1ccc(NC(=O)Cn2nnc(-c3ccc(C(N)=O)cc3)n2)cc1Cl. The molecule has 1 aromatic heterocycles. The molecule has 132 valence electrons. The Morgan fingerprint density at radius 3 is 2.58 bits per heavy atom. The van der Waals surface area contributed by atoms with Gasteiger partial charge in [-0.05, 0) is 42.0 Å². The van der Waals surface area contributed by atoms with E-state index in [9.17, 15) is 9.59 Å². The van der Waals surface area contributed by atoms with E-state index >= 15 is 0 Å². The van der Waals surface area contributed by atoms with Gasteiger partial charge in [0.15, 0.2) is 0 Å². The first-order valence-electron chi connectivity index (χ1n) is 7.66. The van der Waals surface area contributed by atoms with Crippen LogP contribution in [0.5, 0.6) is 0 Å². The van der Waals surface area contributed by atoms with Crippen LogP contribution < -0.4 is 11.1 Å². The Morgan fingerprint density at radius 2 is 1.92 bits per heavy atom. The Labute approximate surface area is 154 Å². The number of carbonyl (C=O) groups is 2. The lowest BCUT2D eigenvalue weighted by atomic mass is 10.1. The Morgan fingerprint density at radius 1 is 1.19 bits per heavy atom. The average molecular weight is 371 g/mol. The number of hydrogen-bond acceptors (Lipinski definition) is 5. The van der Waals surface area contributed by atoms with E-state index in [1.807, 2.05) is 13.0 Å². The molecule has 0 fully saturated rings. The summed E-state index contributed by atoms with van der Waals surface area (Å²) >= 11 is 6.04. The number of rotatable bonds is 5. The monoisotopic (exact) mass is 370 g/mol. The molecule has 2 amide bonds. The Balaban J connectivity index is 1.66. The van der Waals surface area contributed by atoms with Crippen molar-refractivity contribution in [3.63, 3.8) is 0 Å². The molecule has 0 saturated carbocycles. The summed E-state index contributed by atoms with van der Waals surface area (Å²) in [6.45, 7) is 1.78. The molecule has 0 spiro atoms. The number of nitrogens with zero attached hydrogens (tertiary/aromatic N) is 4. The number of halogens is 1. The fourth-order valence-electron chi connectivity index (χ4n) is 2.21. The Kier molecular flexibility index (Phi) is 4.94. The second kappa shape index (κ2) is 7.32. The molecule has 0 bridgehead atoms. The molecule has 0 atom stereocenters. The molecule has 3 N–H and O–H groups in total. The highest BCUT2D eigenvalue weighted by atomic mass is 35.5. The van der Waals surface area contributed by atoms with E-state index in [0.717, 1.165) is 5.56 Å². The second-order valence-corrected chi connectivity index (χ2v) is 6.00. The third-order valence-corrected chi connectivity index (χ3v) is 4.03. The van der Waals surface area contributed by atoms with Gasteiger partial charge in [0.1, 0.15) is 6.54 Å². The zero-order chi connectivity index (χ0) is 18.7. The zero-order valence-corrected chi connectivity index (χ0v) is 14.6. The molecule has 26 heavy (non-hydrogen) atoms. The van der Waals surface area contributed by atoms with Crippen LogP contribution in [0.15, 0.2) is 42.5 Å². The van der Waals surface area contributed by atoms with Gasteiger partial charge in [0.2, 0.25) is 17.6 Å². The van der Waals surface area contributed by atoms with E-state index < -0.39 is 5.91 Å². The highest BCUT2D eigenvalue weighted by molar-refractivity contribution is 6.31. The summed E-state index contributed by atoms with van der Waals surface area (Å²) in [7, 11) is 0. The van der Waals surface area contributed by atoms with Crippen LogP contribution in [-0.2, 0) is 11.3 Å². The van der Waals surface area contributed by atoms with E-state index in [4.69, 9.17) is 17.3 Å². The van der Waals surface area contributed by atoms with Crippen LogP contribution in [0.1, 0.15) is 15.9 Å². The van der Waals surface area contributed by atoms with E-state index in [1.165, 1.54) is 4.80 Å². The van der Waals surface area contributed by atoms with Gasteiger partial charge in [0, 0.05) is 21.8 Å². The number of aromatic nitrogens is 4.